The topological polar surface area (TPSA) is 72.7 Å². The number of benzene rings is 1. The first-order valence-corrected chi connectivity index (χ1v) is 7.64. The first-order valence-electron chi connectivity index (χ1n) is 7.64. The molecule has 0 aliphatic rings. The van der Waals surface area contributed by atoms with Gasteiger partial charge in [-0.05, 0) is 30.2 Å². The maximum absolute atomic E-state index is 12.4. The van der Waals surface area contributed by atoms with Gasteiger partial charge in [0.15, 0.2) is 0 Å². The first kappa shape index (κ1) is 15.1. The van der Waals surface area contributed by atoms with E-state index < -0.39 is 0 Å². The van der Waals surface area contributed by atoms with E-state index in [-0.39, 0.29) is 17.9 Å². The average Bonchev–Trinajstić information content (AvgIpc) is 2.98. The van der Waals surface area contributed by atoms with Crippen LogP contribution in [0.2, 0.25) is 0 Å². The fourth-order valence-corrected chi connectivity index (χ4v) is 2.42. The zero-order valence-electron chi connectivity index (χ0n) is 13.2. The van der Waals surface area contributed by atoms with Crippen LogP contribution in [0.1, 0.15) is 24.2 Å². The first-order chi connectivity index (χ1) is 11.1. The Hall–Kier alpha value is -2.76. The second kappa shape index (κ2) is 6.56. The number of carbonyl (C=O) groups is 1. The van der Waals surface area contributed by atoms with Crippen molar-refractivity contribution < 1.29 is 4.79 Å². The Bertz CT molecular complexity index is 797. The summed E-state index contributed by atoms with van der Waals surface area (Å²) >= 11 is 0. The van der Waals surface area contributed by atoms with Crippen LogP contribution in [-0.4, -0.2) is 31.9 Å². The van der Waals surface area contributed by atoms with E-state index in [1.807, 2.05) is 28.9 Å². The van der Waals surface area contributed by atoms with Crippen LogP contribution in [-0.2, 0) is 6.54 Å². The van der Waals surface area contributed by atoms with Crippen LogP contribution in [0.3, 0.4) is 0 Å². The minimum atomic E-state index is -0.101. The molecule has 0 saturated heterocycles. The van der Waals surface area contributed by atoms with Crippen molar-refractivity contribution in [1.29, 1.82) is 0 Å². The number of pyridine rings is 1. The minimum absolute atomic E-state index is 0.0410. The molecule has 1 aromatic carbocycles. The van der Waals surface area contributed by atoms with Gasteiger partial charge in [0.05, 0.1) is 18.1 Å². The van der Waals surface area contributed by atoms with Crippen molar-refractivity contribution in [1.82, 2.24) is 25.3 Å². The smallest absolute Gasteiger partial charge is 0.251 e. The van der Waals surface area contributed by atoms with Crippen molar-refractivity contribution in [2.75, 3.05) is 0 Å². The van der Waals surface area contributed by atoms with E-state index in [9.17, 15) is 4.79 Å². The third-order valence-corrected chi connectivity index (χ3v) is 3.85. The van der Waals surface area contributed by atoms with Gasteiger partial charge in [-0.15, -0.1) is 5.10 Å². The SMILES string of the molecule is CC(C)[C@H](Cn1nnc2ccccc21)NC(=O)c1ccncc1. The summed E-state index contributed by atoms with van der Waals surface area (Å²) in [6.45, 7) is 4.74. The summed E-state index contributed by atoms with van der Waals surface area (Å²) in [6.07, 6.45) is 3.23. The predicted octanol–water partition coefficient (Wildman–Crippen LogP) is 2.28. The standard InChI is InChI=1S/C17H19N5O/c1-12(2)15(19-17(23)13-7-9-18-10-8-13)11-22-16-6-4-3-5-14(16)20-21-22/h3-10,12,15H,11H2,1-2H3,(H,19,23)/t15-/m0/s1. The minimum Gasteiger partial charge on any atom is -0.347 e. The number of carbonyl (C=O) groups excluding carboxylic acids is 1. The number of hydrogen-bond donors (Lipinski definition) is 1. The largest absolute Gasteiger partial charge is 0.347 e. The second-order valence-electron chi connectivity index (χ2n) is 5.82. The maximum Gasteiger partial charge on any atom is 0.251 e. The van der Waals surface area contributed by atoms with E-state index in [0.29, 0.717) is 12.1 Å². The Labute approximate surface area is 134 Å². The maximum atomic E-state index is 12.4. The number of nitrogens with one attached hydrogen (secondary N) is 1. The molecular weight excluding hydrogens is 290 g/mol. The molecule has 0 aliphatic carbocycles. The zero-order valence-corrected chi connectivity index (χ0v) is 13.2. The summed E-state index contributed by atoms with van der Waals surface area (Å²) < 4.78 is 1.84. The molecule has 2 heterocycles. The third-order valence-electron chi connectivity index (χ3n) is 3.85. The molecule has 0 fully saturated rings. The van der Waals surface area contributed by atoms with Gasteiger partial charge in [-0.2, -0.15) is 0 Å². The zero-order chi connectivity index (χ0) is 16.2. The Morgan fingerprint density at radius 1 is 1.17 bits per heavy atom. The van der Waals surface area contributed by atoms with Crippen LogP contribution in [0.4, 0.5) is 0 Å². The number of hydrogen-bond acceptors (Lipinski definition) is 4. The predicted molar refractivity (Wildman–Crippen MR) is 87.9 cm³/mol. The molecule has 6 heteroatoms. The quantitative estimate of drug-likeness (QED) is 0.785. The van der Waals surface area contributed by atoms with Crippen LogP contribution in [0.15, 0.2) is 48.8 Å². The molecule has 0 bridgehead atoms. The van der Waals surface area contributed by atoms with Gasteiger partial charge in [0, 0.05) is 18.0 Å². The van der Waals surface area contributed by atoms with Crippen LogP contribution in [0, 0.1) is 5.92 Å². The van der Waals surface area contributed by atoms with Gasteiger partial charge < -0.3 is 5.32 Å². The molecule has 0 unspecified atom stereocenters. The van der Waals surface area contributed by atoms with Crippen molar-refractivity contribution in [3.05, 3.63) is 54.4 Å². The summed E-state index contributed by atoms with van der Waals surface area (Å²) in [5.74, 6) is 0.166. The van der Waals surface area contributed by atoms with Gasteiger partial charge in [0.1, 0.15) is 5.52 Å². The number of rotatable bonds is 5. The van der Waals surface area contributed by atoms with Gasteiger partial charge in [-0.1, -0.05) is 31.2 Å². The molecule has 23 heavy (non-hydrogen) atoms. The Kier molecular flexibility index (Phi) is 4.32. The van der Waals surface area contributed by atoms with Crippen LogP contribution >= 0.6 is 0 Å². The molecule has 1 N–H and O–H groups in total. The number of fused-ring (bicyclic) bond motifs is 1. The highest BCUT2D eigenvalue weighted by Crippen LogP contribution is 2.13. The highest BCUT2D eigenvalue weighted by atomic mass is 16.1. The summed E-state index contributed by atoms with van der Waals surface area (Å²) in [7, 11) is 0. The van der Waals surface area contributed by atoms with Gasteiger partial charge in [-0.3, -0.25) is 9.78 Å². The molecule has 0 radical (unpaired) electrons. The van der Waals surface area contributed by atoms with Crippen molar-refractivity contribution in [2.45, 2.75) is 26.4 Å². The van der Waals surface area contributed by atoms with Gasteiger partial charge in [-0.25, -0.2) is 4.68 Å². The van der Waals surface area contributed by atoms with E-state index in [4.69, 9.17) is 0 Å². The molecule has 3 rings (SSSR count). The van der Waals surface area contributed by atoms with Crippen molar-refractivity contribution in [3.63, 3.8) is 0 Å². The summed E-state index contributed by atoms with van der Waals surface area (Å²) in [4.78, 5) is 16.3. The number of para-hydroxylation sites is 1. The fraction of sp³-hybridized carbons (Fsp3) is 0.294. The highest BCUT2D eigenvalue weighted by molar-refractivity contribution is 5.94. The van der Waals surface area contributed by atoms with Crippen molar-refractivity contribution in [2.24, 2.45) is 5.92 Å². The summed E-state index contributed by atoms with van der Waals surface area (Å²) in [5, 5.41) is 11.4. The number of nitrogens with zero attached hydrogens (tertiary/aromatic N) is 4. The monoisotopic (exact) mass is 309 g/mol. The lowest BCUT2D eigenvalue weighted by molar-refractivity contribution is 0.0919. The lowest BCUT2D eigenvalue weighted by atomic mass is 10.0. The molecule has 3 aromatic rings. The number of aromatic nitrogens is 4. The molecule has 2 aromatic heterocycles. The number of amides is 1. The van der Waals surface area contributed by atoms with Crippen LogP contribution in [0.25, 0.3) is 11.0 Å². The van der Waals surface area contributed by atoms with E-state index in [2.05, 4.69) is 34.5 Å². The highest BCUT2D eigenvalue weighted by Gasteiger charge is 2.19. The molecule has 0 saturated carbocycles. The van der Waals surface area contributed by atoms with E-state index in [1.165, 1.54) is 0 Å². The Morgan fingerprint density at radius 2 is 1.91 bits per heavy atom. The lowest BCUT2D eigenvalue weighted by Crippen LogP contribution is -2.41. The molecule has 0 spiro atoms. The van der Waals surface area contributed by atoms with Crippen molar-refractivity contribution in [3.8, 4) is 0 Å². The molecule has 0 aliphatic heterocycles. The Morgan fingerprint density at radius 3 is 2.65 bits per heavy atom. The van der Waals surface area contributed by atoms with Crippen molar-refractivity contribution >= 4 is 16.9 Å². The average molecular weight is 309 g/mol. The van der Waals surface area contributed by atoms with E-state index in [0.717, 1.165) is 11.0 Å². The molecule has 1 amide bonds. The summed E-state index contributed by atoms with van der Waals surface area (Å²) in [5.41, 5.74) is 2.43. The van der Waals surface area contributed by atoms with E-state index in [1.54, 1.807) is 24.5 Å². The normalized spacial score (nSPS) is 12.5. The van der Waals surface area contributed by atoms with E-state index >= 15 is 0 Å². The van der Waals surface area contributed by atoms with Crippen LogP contribution in [0.5, 0.6) is 0 Å². The van der Waals surface area contributed by atoms with Gasteiger partial charge in [0.2, 0.25) is 0 Å². The van der Waals surface area contributed by atoms with Gasteiger partial charge >= 0.3 is 0 Å². The Balaban J connectivity index is 1.78. The lowest BCUT2D eigenvalue weighted by Gasteiger charge is -2.22. The fourth-order valence-electron chi connectivity index (χ4n) is 2.42. The summed E-state index contributed by atoms with van der Waals surface area (Å²) in [6, 6.07) is 11.2. The molecule has 1 atom stereocenters. The molecule has 118 valence electrons. The second-order valence-corrected chi connectivity index (χ2v) is 5.82. The molecular formula is C17H19N5O. The third kappa shape index (κ3) is 3.36. The van der Waals surface area contributed by atoms with Gasteiger partial charge in [0.25, 0.3) is 5.91 Å². The molecule has 6 nitrogen and oxygen atoms in total. The van der Waals surface area contributed by atoms with Crippen LogP contribution < -0.4 is 5.32 Å².